The summed E-state index contributed by atoms with van der Waals surface area (Å²) in [5, 5.41) is 6.64. The Morgan fingerprint density at radius 3 is 2.71 bits per heavy atom. The maximum absolute atomic E-state index is 5.44. The quantitative estimate of drug-likeness (QED) is 0.603. The van der Waals surface area contributed by atoms with Crippen LogP contribution in [0.3, 0.4) is 0 Å². The van der Waals surface area contributed by atoms with E-state index in [-0.39, 0.29) is 6.04 Å². The van der Waals surface area contributed by atoms with Crippen molar-refractivity contribution in [2.45, 2.75) is 19.4 Å². The molecule has 2 N–H and O–H groups in total. The molecule has 0 saturated carbocycles. The minimum absolute atomic E-state index is 0.00450. The van der Waals surface area contributed by atoms with Crippen molar-refractivity contribution in [2.75, 3.05) is 27.8 Å². The Morgan fingerprint density at radius 1 is 1.25 bits per heavy atom. The van der Waals surface area contributed by atoms with E-state index in [1.54, 1.807) is 27.5 Å². The van der Waals surface area contributed by atoms with Crippen LogP contribution in [0.5, 0.6) is 11.5 Å². The largest absolute Gasteiger partial charge is 0.497 e. The van der Waals surface area contributed by atoms with Crippen molar-refractivity contribution in [3.63, 3.8) is 0 Å². The van der Waals surface area contributed by atoms with Crippen molar-refractivity contribution < 1.29 is 13.9 Å². The van der Waals surface area contributed by atoms with Gasteiger partial charge in [-0.25, -0.2) is 0 Å². The summed E-state index contributed by atoms with van der Waals surface area (Å²) in [4.78, 5) is 4.26. The average Bonchev–Trinajstić information content (AvgIpc) is 3.13. The first-order valence-corrected chi connectivity index (χ1v) is 7.89. The van der Waals surface area contributed by atoms with Crippen molar-refractivity contribution in [3.8, 4) is 11.5 Å². The number of nitrogens with one attached hydrogen (secondary N) is 2. The molecule has 0 bridgehead atoms. The molecule has 0 spiro atoms. The lowest BCUT2D eigenvalue weighted by Crippen LogP contribution is -2.39. The van der Waals surface area contributed by atoms with Crippen molar-refractivity contribution in [1.82, 2.24) is 10.6 Å². The summed E-state index contributed by atoms with van der Waals surface area (Å²) in [6, 6.07) is 9.60. The first kappa shape index (κ1) is 17.7. The lowest BCUT2D eigenvalue weighted by Gasteiger charge is -2.20. The zero-order valence-electron chi connectivity index (χ0n) is 14.6. The third kappa shape index (κ3) is 4.68. The van der Waals surface area contributed by atoms with E-state index in [2.05, 4.69) is 22.5 Å². The lowest BCUT2D eigenvalue weighted by atomic mass is 10.1. The van der Waals surface area contributed by atoms with E-state index < -0.39 is 0 Å². The molecule has 1 atom stereocenters. The molecule has 0 aliphatic carbocycles. The number of aliphatic imine (C=N–C) groups is 1. The number of rotatable bonds is 7. The van der Waals surface area contributed by atoms with Crippen molar-refractivity contribution in [1.29, 1.82) is 0 Å². The van der Waals surface area contributed by atoms with Crippen LogP contribution in [0.4, 0.5) is 0 Å². The van der Waals surface area contributed by atoms with Gasteiger partial charge >= 0.3 is 0 Å². The molecule has 6 nitrogen and oxygen atoms in total. The number of nitrogens with zero attached hydrogens (tertiary/aromatic N) is 1. The summed E-state index contributed by atoms with van der Waals surface area (Å²) < 4.78 is 16.1. The summed E-state index contributed by atoms with van der Waals surface area (Å²) in [6.07, 6.45) is 2.48. The summed E-state index contributed by atoms with van der Waals surface area (Å²) in [7, 11) is 5.06. The van der Waals surface area contributed by atoms with Crippen LogP contribution < -0.4 is 20.1 Å². The van der Waals surface area contributed by atoms with E-state index >= 15 is 0 Å². The molecule has 0 fully saturated rings. The summed E-state index contributed by atoms with van der Waals surface area (Å²) in [5.74, 6) is 3.27. The number of guanidine groups is 1. The SMILES string of the molecule is CN=C(NCCc1ccco1)NC(C)c1cc(OC)ccc1OC. The second-order valence-electron chi connectivity index (χ2n) is 5.30. The van der Waals surface area contributed by atoms with Crippen molar-refractivity contribution >= 4 is 5.96 Å². The van der Waals surface area contributed by atoms with E-state index in [1.165, 1.54) is 0 Å². The molecule has 6 heteroatoms. The van der Waals surface area contributed by atoms with Crippen LogP contribution in [-0.2, 0) is 6.42 Å². The Bertz CT molecular complexity index is 654. The molecule has 24 heavy (non-hydrogen) atoms. The standard InChI is InChI=1S/C18H25N3O3/c1-13(16-12-15(22-3)7-8-17(16)23-4)21-18(19-2)20-10-9-14-6-5-11-24-14/h5-8,11-13H,9-10H2,1-4H3,(H2,19,20,21). The molecule has 0 saturated heterocycles. The van der Waals surface area contributed by atoms with E-state index in [0.29, 0.717) is 0 Å². The molecule has 0 amide bonds. The normalized spacial score (nSPS) is 12.6. The van der Waals surface area contributed by atoms with Crippen LogP contribution in [0.2, 0.25) is 0 Å². The minimum Gasteiger partial charge on any atom is -0.497 e. The van der Waals surface area contributed by atoms with Gasteiger partial charge in [-0.1, -0.05) is 0 Å². The van der Waals surface area contributed by atoms with Crippen molar-refractivity contribution in [2.24, 2.45) is 4.99 Å². The van der Waals surface area contributed by atoms with E-state index in [9.17, 15) is 0 Å². The van der Waals surface area contributed by atoms with Gasteiger partial charge in [0.1, 0.15) is 17.3 Å². The summed E-state index contributed by atoms with van der Waals surface area (Å²) in [5.41, 5.74) is 1.01. The maximum atomic E-state index is 5.44. The van der Waals surface area contributed by atoms with E-state index in [1.807, 2.05) is 30.3 Å². The van der Waals surface area contributed by atoms with E-state index in [4.69, 9.17) is 13.9 Å². The van der Waals surface area contributed by atoms with Gasteiger partial charge in [-0.15, -0.1) is 0 Å². The van der Waals surface area contributed by atoms with Crippen LogP contribution >= 0.6 is 0 Å². The van der Waals surface area contributed by atoms with Gasteiger partial charge in [-0.2, -0.15) is 0 Å². The van der Waals surface area contributed by atoms with E-state index in [0.717, 1.165) is 41.7 Å². The maximum Gasteiger partial charge on any atom is 0.191 e. The Morgan fingerprint density at radius 2 is 2.08 bits per heavy atom. The smallest absolute Gasteiger partial charge is 0.191 e. The highest BCUT2D eigenvalue weighted by atomic mass is 16.5. The molecule has 0 aliphatic rings. The predicted octanol–water partition coefficient (Wildman–Crippen LogP) is 2.77. The zero-order chi connectivity index (χ0) is 17.4. The van der Waals surface area contributed by atoms with Gasteiger partial charge in [0.25, 0.3) is 0 Å². The van der Waals surface area contributed by atoms with Gasteiger partial charge in [-0.3, -0.25) is 4.99 Å². The van der Waals surface area contributed by atoms with Gasteiger partial charge in [0.05, 0.1) is 26.5 Å². The van der Waals surface area contributed by atoms with Gasteiger partial charge < -0.3 is 24.5 Å². The average molecular weight is 331 g/mol. The molecule has 1 aromatic heterocycles. The van der Waals surface area contributed by atoms with Gasteiger partial charge in [0, 0.05) is 25.6 Å². The number of ether oxygens (including phenoxy) is 2. The monoisotopic (exact) mass is 331 g/mol. The van der Waals surface area contributed by atoms with Crippen molar-refractivity contribution in [3.05, 3.63) is 47.9 Å². The van der Waals surface area contributed by atoms with Gasteiger partial charge in [-0.05, 0) is 37.3 Å². The molecule has 2 aromatic rings. The zero-order valence-corrected chi connectivity index (χ0v) is 14.6. The molecule has 0 aliphatic heterocycles. The second kappa shape index (κ2) is 8.86. The highest BCUT2D eigenvalue weighted by molar-refractivity contribution is 5.80. The lowest BCUT2D eigenvalue weighted by molar-refractivity contribution is 0.394. The van der Waals surface area contributed by atoms with Crippen LogP contribution in [0.25, 0.3) is 0 Å². The Hall–Kier alpha value is -2.63. The Balaban J connectivity index is 1.97. The molecular weight excluding hydrogens is 306 g/mol. The molecule has 1 heterocycles. The number of methoxy groups -OCH3 is 2. The first-order chi connectivity index (χ1) is 11.7. The fourth-order valence-corrected chi connectivity index (χ4v) is 2.41. The van der Waals surface area contributed by atoms with Crippen LogP contribution in [0, 0.1) is 0 Å². The third-order valence-corrected chi connectivity index (χ3v) is 3.72. The first-order valence-electron chi connectivity index (χ1n) is 7.89. The number of furan rings is 1. The fourth-order valence-electron chi connectivity index (χ4n) is 2.41. The van der Waals surface area contributed by atoms with Gasteiger partial charge in [0.15, 0.2) is 5.96 Å². The highest BCUT2D eigenvalue weighted by Crippen LogP contribution is 2.29. The fraction of sp³-hybridized carbons (Fsp3) is 0.389. The predicted molar refractivity (Wildman–Crippen MR) is 94.9 cm³/mol. The highest BCUT2D eigenvalue weighted by Gasteiger charge is 2.14. The second-order valence-corrected chi connectivity index (χ2v) is 5.30. The summed E-state index contributed by atoms with van der Waals surface area (Å²) in [6.45, 7) is 2.78. The van der Waals surface area contributed by atoms with Crippen LogP contribution in [-0.4, -0.2) is 33.8 Å². The minimum atomic E-state index is 0.00450. The molecule has 0 radical (unpaired) electrons. The topological polar surface area (TPSA) is 68.0 Å². The Kier molecular flexibility index (Phi) is 6.54. The number of hydrogen-bond donors (Lipinski definition) is 2. The molecular formula is C18H25N3O3. The van der Waals surface area contributed by atoms with Gasteiger partial charge in [0.2, 0.25) is 0 Å². The molecule has 1 aromatic carbocycles. The summed E-state index contributed by atoms with van der Waals surface area (Å²) >= 11 is 0. The number of hydrogen-bond acceptors (Lipinski definition) is 4. The van der Waals surface area contributed by atoms with Crippen LogP contribution in [0.15, 0.2) is 46.0 Å². The number of benzene rings is 1. The molecule has 130 valence electrons. The Labute approximate surface area is 142 Å². The van der Waals surface area contributed by atoms with Crippen LogP contribution in [0.1, 0.15) is 24.3 Å². The third-order valence-electron chi connectivity index (χ3n) is 3.72. The molecule has 2 rings (SSSR count). The molecule has 1 unspecified atom stereocenters.